The van der Waals surface area contributed by atoms with Crippen LogP contribution < -0.4 is 10.2 Å². The van der Waals surface area contributed by atoms with Crippen LogP contribution in [0.5, 0.6) is 0 Å². The maximum absolute atomic E-state index is 13.1. The molecule has 0 radical (unpaired) electrons. The van der Waals surface area contributed by atoms with E-state index >= 15 is 0 Å². The number of carbonyl (C=O) groups excluding carboxylic acids is 2. The van der Waals surface area contributed by atoms with Crippen molar-refractivity contribution >= 4 is 45.6 Å². The van der Waals surface area contributed by atoms with E-state index in [1.807, 2.05) is 46.7 Å². The first kappa shape index (κ1) is 20.0. The molecule has 8 heteroatoms. The number of thiophene rings is 1. The lowest BCUT2D eigenvalue weighted by molar-refractivity contribution is -0.137. The lowest BCUT2D eigenvalue weighted by Crippen LogP contribution is -2.53. The summed E-state index contributed by atoms with van der Waals surface area (Å²) in [5, 5.41) is 6.42. The predicted molar refractivity (Wildman–Crippen MR) is 118 cm³/mol. The molecule has 1 N–H and O–H groups in total. The number of carbonyl (C=O) groups is 2. The third kappa shape index (κ3) is 4.85. The van der Waals surface area contributed by atoms with Gasteiger partial charge in [-0.15, -0.1) is 11.3 Å². The fraction of sp³-hybridized carbons (Fsp3) is 0.429. The molecule has 1 aromatic heterocycles. The van der Waals surface area contributed by atoms with Crippen LogP contribution in [-0.4, -0.2) is 61.0 Å². The number of piperidine rings is 1. The monoisotopic (exact) mass is 432 g/mol. The molecule has 2 saturated heterocycles. The maximum Gasteiger partial charge on any atom is 0.322 e. The zero-order chi connectivity index (χ0) is 20.2. The smallest absolute Gasteiger partial charge is 0.322 e. The minimum atomic E-state index is -0.113. The van der Waals surface area contributed by atoms with Crippen molar-refractivity contribution in [1.29, 1.82) is 0 Å². The summed E-state index contributed by atoms with van der Waals surface area (Å²) >= 11 is 7.47. The van der Waals surface area contributed by atoms with Crippen LogP contribution in [0.15, 0.2) is 41.8 Å². The van der Waals surface area contributed by atoms with Crippen molar-refractivity contribution in [2.24, 2.45) is 5.92 Å². The molecule has 1 atom stereocenters. The average molecular weight is 433 g/mol. The van der Waals surface area contributed by atoms with Gasteiger partial charge in [0.05, 0.1) is 10.9 Å². The summed E-state index contributed by atoms with van der Waals surface area (Å²) in [7, 11) is 0. The van der Waals surface area contributed by atoms with Gasteiger partial charge in [0.25, 0.3) is 0 Å². The molecule has 3 heterocycles. The van der Waals surface area contributed by atoms with Gasteiger partial charge in [-0.25, -0.2) is 4.79 Å². The number of urea groups is 1. The zero-order valence-corrected chi connectivity index (χ0v) is 17.8. The second-order valence-corrected chi connectivity index (χ2v) is 8.87. The Kier molecular flexibility index (Phi) is 6.25. The van der Waals surface area contributed by atoms with E-state index in [1.165, 1.54) is 11.3 Å². The quantitative estimate of drug-likeness (QED) is 0.797. The highest BCUT2D eigenvalue weighted by molar-refractivity contribution is 7.14. The van der Waals surface area contributed by atoms with Crippen LogP contribution in [0, 0.1) is 5.92 Å². The van der Waals surface area contributed by atoms with E-state index in [2.05, 4.69) is 10.2 Å². The highest BCUT2D eigenvalue weighted by Gasteiger charge is 2.32. The van der Waals surface area contributed by atoms with Gasteiger partial charge in [-0.1, -0.05) is 11.6 Å². The Morgan fingerprint density at radius 3 is 2.45 bits per heavy atom. The summed E-state index contributed by atoms with van der Waals surface area (Å²) in [6.07, 6.45) is 1.71. The Hall–Kier alpha value is -2.25. The largest absolute Gasteiger partial charge is 0.368 e. The summed E-state index contributed by atoms with van der Waals surface area (Å²) in [6.45, 7) is 4.23. The third-order valence-electron chi connectivity index (χ3n) is 5.59. The fourth-order valence-electron chi connectivity index (χ4n) is 3.99. The molecule has 3 amide bonds. The third-order valence-corrected chi connectivity index (χ3v) is 6.63. The molecule has 2 aliphatic rings. The zero-order valence-electron chi connectivity index (χ0n) is 16.2. The highest BCUT2D eigenvalue weighted by Crippen LogP contribution is 2.24. The van der Waals surface area contributed by atoms with Gasteiger partial charge in [0, 0.05) is 50.0 Å². The first-order chi connectivity index (χ1) is 14.1. The number of hydrogen-bond acceptors (Lipinski definition) is 4. The lowest BCUT2D eigenvalue weighted by atomic mass is 9.96. The van der Waals surface area contributed by atoms with E-state index in [-0.39, 0.29) is 17.9 Å². The standard InChI is InChI=1S/C21H25ClN4O2S/c22-17-5-7-18(8-6-17)24-10-12-25(13-11-24)20(27)16-3-1-9-26(15-16)21(28)23-19-4-2-14-29-19/h2,4-8,14,16H,1,3,9-13,15H2,(H,23,28). The van der Waals surface area contributed by atoms with Gasteiger partial charge in [-0.2, -0.15) is 0 Å². The first-order valence-corrected chi connectivity index (χ1v) is 11.2. The number of hydrogen-bond donors (Lipinski definition) is 1. The molecule has 2 aliphatic heterocycles. The lowest BCUT2D eigenvalue weighted by Gasteiger charge is -2.39. The second-order valence-electron chi connectivity index (χ2n) is 7.48. The van der Waals surface area contributed by atoms with Gasteiger partial charge >= 0.3 is 6.03 Å². The van der Waals surface area contributed by atoms with Crippen LogP contribution in [0.25, 0.3) is 0 Å². The Morgan fingerprint density at radius 1 is 1.00 bits per heavy atom. The van der Waals surface area contributed by atoms with E-state index in [4.69, 9.17) is 11.6 Å². The Morgan fingerprint density at radius 2 is 1.76 bits per heavy atom. The molecule has 1 aromatic carbocycles. The summed E-state index contributed by atoms with van der Waals surface area (Å²) in [6, 6.07) is 11.5. The molecule has 6 nitrogen and oxygen atoms in total. The number of likely N-dealkylation sites (tertiary alicyclic amines) is 1. The van der Waals surface area contributed by atoms with Crippen LogP contribution >= 0.6 is 22.9 Å². The number of nitrogens with one attached hydrogen (secondary N) is 1. The van der Waals surface area contributed by atoms with Crippen molar-refractivity contribution in [2.75, 3.05) is 49.5 Å². The van der Waals surface area contributed by atoms with E-state index < -0.39 is 0 Å². The summed E-state index contributed by atoms with van der Waals surface area (Å²) in [5.74, 6) is 0.0642. The van der Waals surface area contributed by atoms with Crippen molar-refractivity contribution in [1.82, 2.24) is 9.80 Å². The fourth-order valence-corrected chi connectivity index (χ4v) is 4.73. The SMILES string of the molecule is O=C(Nc1cccs1)N1CCCC(C(=O)N2CCN(c3ccc(Cl)cc3)CC2)C1. The molecule has 1 unspecified atom stereocenters. The van der Waals surface area contributed by atoms with Crippen LogP contribution in [0.2, 0.25) is 5.02 Å². The number of amides is 3. The minimum Gasteiger partial charge on any atom is -0.368 e. The van der Waals surface area contributed by atoms with Crippen molar-refractivity contribution < 1.29 is 9.59 Å². The molecule has 0 spiro atoms. The van der Waals surface area contributed by atoms with Crippen molar-refractivity contribution in [3.63, 3.8) is 0 Å². The Balaban J connectivity index is 1.30. The van der Waals surface area contributed by atoms with Gasteiger partial charge in [-0.3, -0.25) is 10.1 Å². The summed E-state index contributed by atoms with van der Waals surface area (Å²) < 4.78 is 0. The van der Waals surface area contributed by atoms with Gasteiger partial charge in [-0.05, 0) is 54.6 Å². The first-order valence-electron chi connectivity index (χ1n) is 9.99. The Bertz CT molecular complexity index is 835. The Labute approximate surface area is 180 Å². The van der Waals surface area contributed by atoms with Gasteiger partial charge in [0.15, 0.2) is 0 Å². The summed E-state index contributed by atoms with van der Waals surface area (Å²) in [5.41, 5.74) is 1.13. The highest BCUT2D eigenvalue weighted by atomic mass is 35.5. The van der Waals surface area contributed by atoms with E-state index in [0.29, 0.717) is 26.2 Å². The second kappa shape index (κ2) is 9.05. The van der Waals surface area contributed by atoms with Gasteiger partial charge < -0.3 is 14.7 Å². The topological polar surface area (TPSA) is 55.9 Å². The van der Waals surface area contributed by atoms with E-state index in [0.717, 1.165) is 41.6 Å². The number of anilines is 2. The van der Waals surface area contributed by atoms with Crippen LogP contribution in [0.1, 0.15) is 12.8 Å². The maximum atomic E-state index is 13.1. The normalized spacial score (nSPS) is 19.9. The van der Waals surface area contributed by atoms with Crippen LogP contribution in [0.4, 0.5) is 15.5 Å². The molecule has 29 heavy (non-hydrogen) atoms. The molecular weight excluding hydrogens is 408 g/mol. The number of rotatable bonds is 3. The molecule has 154 valence electrons. The molecule has 2 fully saturated rings. The van der Waals surface area contributed by atoms with Crippen LogP contribution in [0.3, 0.4) is 0 Å². The minimum absolute atomic E-state index is 0.111. The van der Waals surface area contributed by atoms with Gasteiger partial charge in [0.1, 0.15) is 0 Å². The van der Waals surface area contributed by atoms with E-state index in [1.54, 1.807) is 4.90 Å². The molecule has 2 aromatic rings. The van der Waals surface area contributed by atoms with Crippen molar-refractivity contribution in [2.45, 2.75) is 12.8 Å². The van der Waals surface area contributed by atoms with Crippen LogP contribution in [-0.2, 0) is 4.79 Å². The molecular formula is C21H25ClN4O2S. The predicted octanol–water partition coefficient (Wildman–Crippen LogP) is 3.99. The number of piperazine rings is 1. The molecule has 4 rings (SSSR count). The molecule has 0 saturated carbocycles. The molecule has 0 bridgehead atoms. The number of nitrogens with zero attached hydrogens (tertiary/aromatic N) is 3. The van der Waals surface area contributed by atoms with E-state index in [9.17, 15) is 9.59 Å². The van der Waals surface area contributed by atoms with Crippen molar-refractivity contribution in [3.8, 4) is 0 Å². The molecule has 0 aliphatic carbocycles. The van der Waals surface area contributed by atoms with Crippen molar-refractivity contribution in [3.05, 3.63) is 46.8 Å². The van der Waals surface area contributed by atoms with Gasteiger partial charge in [0.2, 0.25) is 5.91 Å². The number of halogens is 1. The number of benzene rings is 1. The average Bonchev–Trinajstić information content (AvgIpc) is 3.27. The summed E-state index contributed by atoms with van der Waals surface area (Å²) in [4.78, 5) is 31.6.